The zero-order valence-electron chi connectivity index (χ0n) is 12.2. The van der Waals surface area contributed by atoms with Crippen LogP contribution in [0.5, 0.6) is 0 Å². The van der Waals surface area contributed by atoms with Gasteiger partial charge < -0.3 is 10.3 Å². The molecule has 1 aliphatic rings. The monoisotopic (exact) mass is 290 g/mol. The van der Waals surface area contributed by atoms with Crippen LogP contribution >= 0.6 is 11.6 Å². The summed E-state index contributed by atoms with van der Waals surface area (Å²) in [6.45, 7) is 8.99. The summed E-state index contributed by atoms with van der Waals surface area (Å²) in [5.74, 6) is 1.62. The van der Waals surface area contributed by atoms with Gasteiger partial charge in [0.15, 0.2) is 11.6 Å². The number of nitrogens with two attached hydrogens (primary N) is 1. The van der Waals surface area contributed by atoms with Crippen molar-refractivity contribution in [3.63, 3.8) is 0 Å². The number of hydrogen-bond acceptors (Lipinski definition) is 3. The van der Waals surface area contributed by atoms with Gasteiger partial charge in [0.2, 0.25) is 0 Å². The Morgan fingerprint density at radius 1 is 1.20 bits per heavy atom. The fourth-order valence-corrected chi connectivity index (χ4v) is 3.49. The smallest absolute Gasteiger partial charge is 0.175 e. The van der Waals surface area contributed by atoms with E-state index in [0.717, 1.165) is 16.9 Å². The maximum atomic E-state index is 6.08. The summed E-state index contributed by atoms with van der Waals surface area (Å²) in [4.78, 5) is 0. The molecular formula is C16H19ClN2O. The van der Waals surface area contributed by atoms with Crippen LogP contribution in [-0.2, 0) is 0 Å². The first-order valence-corrected chi connectivity index (χ1v) is 7.15. The minimum absolute atomic E-state index is 0.173. The van der Waals surface area contributed by atoms with E-state index in [0.29, 0.717) is 16.8 Å². The third kappa shape index (κ3) is 1.69. The van der Waals surface area contributed by atoms with Gasteiger partial charge in [-0.05, 0) is 28.5 Å². The van der Waals surface area contributed by atoms with Crippen LogP contribution in [0, 0.1) is 10.8 Å². The first-order chi connectivity index (χ1) is 9.26. The highest BCUT2D eigenvalue weighted by atomic mass is 35.5. The Bertz CT molecular complexity index is 659. The van der Waals surface area contributed by atoms with E-state index in [1.807, 2.05) is 24.3 Å². The summed E-state index contributed by atoms with van der Waals surface area (Å²) >= 11 is 6.08. The molecule has 0 amide bonds. The summed E-state index contributed by atoms with van der Waals surface area (Å²) in [6, 6.07) is 7.65. The van der Waals surface area contributed by atoms with Gasteiger partial charge in [-0.15, -0.1) is 0 Å². The molecule has 0 saturated heterocycles. The van der Waals surface area contributed by atoms with Crippen LogP contribution < -0.4 is 5.73 Å². The number of nitrogens with zero attached hydrogens (tertiary/aromatic N) is 1. The largest absolute Gasteiger partial charge is 0.380 e. The molecule has 0 bridgehead atoms. The third-order valence-corrected chi connectivity index (χ3v) is 5.38. The van der Waals surface area contributed by atoms with E-state index in [9.17, 15) is 0 Å². The Balaban J connectivity index is 2.13. The van der Waals surface area contributed by atoms with Crippen molar-refractivity contribution in [1.82, 2.24) is 5.16 Å². The van der Waals surface area contributed by atoms with Crippen LogP contribution in [0.25, 0.3) is 11.1 Å². The molecule has 1 heterocycles. The number of benzene rings is 1. The first kappa shape index (κ1) is 13.5. The summed E-state index contributed by atoms with van der Waals surface area (Å²) in [5.41, 5.74) is 8.21. The molecule has 3 rings (SSSR count). The number of halogens is 1. The minimum atomic E-state index is 0.173. The molecule has 4 heteroatoms. The predicted molar refractivity (Wildman–Crippen MR) is 81.7 cm³/mol. The Hall–Kier alpha value is -1.48. The van der Waals surface area contributed by atoms with Gasteiger partial charge in [-0.2, -0.15) is 0 Å². The van der Waals surface area contributed by atoms with E-state index in [-0.39, 0.29) is 10.8 Å². The third-order valence-electron chi connectivity index (χ3n) is 5.14. The molecule has 0 spiro atoms. The highest BCUT2D eigenvalue weighted by molar-refractivity contribution is 6.30. The summed E-state index contributed by atoms with van der Waals surface area (Å²) in [7, 11) is 0. The van der Waals surface area contributed by atoms with E-state index in [1.54, 1.807) is 0 Å². The number of hydrogen-bond donors (Lipinski definition) is 1. The van der Waals surface area contributed by atoms with E-state index < -0.39 is 0 Å². The molecule has 1 aromatic carbocycles. The molecule has 1 saturated carbocycles. The summed E-state index contributed by atoms with van der Waals surface area (Å²) in [6.07, 6.45) is 0. The van der Waals surface area contributed by atoms with Gasteiger partial charge in [-0.25, -0.2) is 0 Å². The van der Waals surface area contributed by atoms with E-state index >= 15 is 0 Å². The second kappa shape index (κ2) is 4.01. The summed E-state index contributed by atoms with van der Waals surface area (Å²) in [5, 5.41) is 4.66. The highest BCUT2D eigenvalue weighted by Crippen LogP contribution is 2.74. The van der Waals surface area contributed by atoms with Gasteiger partial charge in [0.25, 0.3) is 0 Å². The van der Waals surface area contributed by atoms with Gasteiger partial charge in [0.05, 0.1) is 5.56 Å². The molecular weight excluding hydrogens is 272 g/mol. The normalized spacial score (nSPS) is 20.1. The number of nitrogen functional groups attached to an aromatic ring is 1. The van der Waals surface area contributed by atoms with Crippen LogP contribution in [0.3, 0.4) is 0 Å². The fraction of sp³-hybridized carbons (Fsp3) is 0.438. The topological polar surface area (TPSA) is 52.0 Å². The lowest BCUT2D eigenvalue weighted by Crippen LogP contribution is -1.95. The van der Waals surface area contributed by atoms with Crippen LogP contribution in [0.4, 0.5) is 5.82 Å². The van der Waals surface area contributed by atoms with Crippen molar-refractivity contribution < 1.29 is 4.52 Å². The van der Waals surface area contributed by atoms with Crippen molar-refractivity contribution in [3.05, 3.63) is 35.0 Å². The molecule has 1 aliphatic carbocycles. The minimum Gasteiger partial charge on any atom is -0.380 e. The number of aromatic nitrogens is 1. The van der Waals surface area contributed by atoms with Crippen LogP contribution in [-0.4, -0.2) is 5.16 Å². The average molecular weight is 291 g/mol. The Morgan fingerprint density at radius 2 is 1.85 bits per heavy atom. The zero-order chi connectivity index (χ0) is 14.7. The Labute approximate surface area is 124 Å². The Morgan fingerprint density at radius 3 is 2.40 bits per heavy atom. The molecule has 2 aromatic rings. The second-order valence-electron chi connectivity index (χ2n) is 6.69. The number of rotatable bonds is 2. The average Bonchev–Trinajstić information content (AvgIpc) is 2.64. The van der Waals surface area contributed by atoms with Crippen molar-refractivity contribution in [1.29, 1.82) is 0 Å². The van der Waals surface area contributed by atoms with E-state index in [4.69, 9.17) is 21.9 Å². The molecule has 1 fully saturated rings. The molecule has 0 unspecified atom stereocenters. The molecule has 0 radical (unpaired) electrons. The zero-order valence-corrected chi connectivity index (χ0v) is 13.0. The van der Waals surface area contributed by atoms with Gasteiger partial charge in [-0.3, -0.25) is 0 Å². The van der Waals surface area contributed by atoms with Gasteiger partial charge in [0, 0.05) is 10.9 Å². The van der Waals surface area contributed by atoms with Gasteiger partial charge in [0.1, 0.15) is 0 Å². The molecule has 20 heavy (non-hydrogen) atoms. The SMILES string of the molecule is CC1(C)C(c2onc(N)c2-c2cccc(Cl)c2)C1(C)C. The standard InChI is InChI=1S/C16H19ClN2O/c1-15(2)13(16(15,3)4)12-11(14(18)19-20-12)9-6-5-7-10(17)8-9/h5-8,13H,1-4H3,(H2,18,19). The lowest BCUT2D eigenvalue weighted by atomic mass is 10.0. The van der Waals surface area contributed by atoms with Crippen molar-refractivity contribution >= 4 is 17.4 Å². The van der Waals surface area contributed by atoms with Gasteiger partial charge in [-0.1, -0.05) is 56.6 Å². The lowest BCUT2D eigenvalue weighted by Gasteiger charge is -2.04. The molecule has 1 aromatic heterocycles. The van der Waals surface area contributed by atoms with Crippen LogP contribution in [0.1, 0.15) is 39.4 Å². The molecule has 0 atom stereocenters. The predicted octanol–water partition coefficient (Wildman–Crippen LogP) is 4.73. The quantitative estimate of drug-likeness (QED) is 0.870. The second-order valence-corrected chi connectivity index (χ2v) is 7.13. The van der Waals surface area contributed by atoms with Crippen molar-refractivity contribution in [2.45, 2.75) is 33.6 Å². The van der Waals surface area contributed by atoms with E-state index in [1.165, 1.54) is 0 Å². The van der Waals surface area contributed by atoms with Crippen molar-refractivity contribution in [3.8, 4) is 11.1 Å². The van der Waals surface area contributed by atoms with Crippen molar-refractivity contribution in [2.24, 2.45) is 10.8 Å². The van der Waals surface area contributed by atoms with Crippen LogP contribution in [0.15, 0.2) is 28.8 Å². The molecule has 106 valence electrons. The van der Waals surface area contributed by atoms with Crippen molar-refractivity contribution in [2.75, 3.05) is 5.73 Å². The fourth-order valence-electron chi connectivity index (χ4n) is 3.30. The maximum Gasteiger partial charge on any atom is 0.175 e. The first-order valence-electron chi connectivity index (χ1n) is 6.78. The number of anilines is 1. The van der Waals surface area contributed by atoms with Gasteiger partial charge >= 0.3 is 0 Å². The summed E-state index contributed by atoms with van der Waals surface area (Å²) < 4.78 is 5.57. The maximum absolute atomic E-state index is 6.08. The van der Waals surface area contributed by atoms with Crippen LogP contribution in [0.2, 0.25) is 5.02 Å². The molecule has 0 aliphatic heterocycles. The lowest BCUT2D eigenvalue weighted by molar-refractivity contribution is 0.374. The molecule has 3 nitrogen and oxygen atoms in total. The highest BCUT2D eigenvalue weighted by Gasteiger charge is 2.67. The Kier molecular flexibility index (Phi) is 2.71. The molecule has 2 N–H and O–H groups in total. The van der Waals surface area contributed by atoms with E-state index in [2.05, 4.69) is 32.9 Å².